The largest absolute Gasteiger partial charge is 0.380 e. The van der Waals surface area contributed by atoms with Gasteiger partial charge < -0.3 is 20.7 Å². The molecular formula is C19H31IN4O2. The van der Waals surface area contributed by atoms with Crippen LogP contribution in [0.15, 0.2) is 29.3 Å². The van der Waals surface area contributed by atoms with Crippen LogP contribution in [0.3, 0.4) is 0 Å². The second-order valence-electron chi connectivity index (χ2n) is 6.50. The summed E-state index contributed by atoms with van der Waals surface area (Å²) in [5.74, 6) is 1.00. The number of rotatable bonds is 7. The van der Waals surface area contributed by atoms with Gasteiger partial charge in [-0.05, 0) is 36.8 Å². The molecule has 1 aliphatic heterocycles. The number of aliphatic imine (C=N–C) groups is 1. The lowest BCUT2D eigenvalue weighted by atomic mass is 9.95. The summed E-state index contributed by atoms with van der Waals surface area (Å²) in [5.41, 5.74) is 7.70. The van der Waals surface area contributed by atoms with E-state index in [1.807, 2.05) is 12.1 Å². The third kappa shape index (κ3) is 7.11. The van der Waals surface area contributed by atoms with Crippen LogP contribution >= 0.6 is 24.0 Å². The summed E-state index contributed by atoms with van der Waals surface area (Å²) in [5, 5.41) is 3.38. The molecule has 26 heavy (non-hydrogen) atoms. The first-order chi connectivity index (χ1) is 12.1. The molecule has 1 aromatic rings. The number of carbonyl (C=O) groups excluding carboxylic acids is 1. The van der Waals surface area contributed by atoms with Crippen molar-refractivity contribution < 1.29 is 9.53 Å². The van der Waals surface area contributed by atoms with Gasteiger partial charge in [-0.1, -0.05) is 24.3 Å². The van der Waals surface area contributed by atoms with E-state index in [1.54, 1.807) is 7.11 Å². The zero-order valence-electron chi connectivity index (χ0n) is 15.7. The molecule has 7 heteroatoms. The van der Waals surface area contributed by atoms with Crippen molar-refractivity contribution >= 4 is 35.8 Å². The molecule has 146 valence electrons. The topological polar surface area (TPSA) is 80.0 Å². The Bertz CT molecular complexity index is 595. The van der Waals surface area contributed by atoms with Gasteiger partial charge >= 0.3 is 0 Å². The van der Waals surface area contributed by atoms with Crippen LogP contribution in [0.5, 0.6) is 0 Å². The predicted molar refractivity (Wildman–Crippen MR) is 115 cm³/mol. The molecule has 2 rings (SSSR count). The number of hydrogen-bond acceptors (Lipinski definition) is 3. The fourth-order valence-corrected chi connectivity index (χ4v) is 3.30. The van der Waals surface area contributed by atoms with Crippen molar-refractivity contribution in [1.82, 2.24) is 10.2 Å². The standard InChI is InChI=1S/C19H30N4O2.HI/c1-3-21-19(23-10-6-7-15(13-23)11-18(20)24)22-12-16-8-4-5-9-17(16)14-25-2;/h4-5,8-9,15H,3,6-7,10-14H2,1-2H3,(H2,20,24)(H,21,22);1H. The average molecular weight is 474 g/mol. The molecule has 0 bridgehead atoms. The molecule has 1 fully saturated rings. The molecule has 0 radical (unpaired) electrons. The van der Waals surface area contributed by atoms with E-state index < -0.39 is 0 Å². The van der Waals surface area contributed by atoms with Crippen molar-refractivity contribution in [2.75, 3.05) is 26.7 Å². The summed E-state index contributed by atoms with van der Waals surface area (Å²) in [6.07, 6.45) is 2.56. The highest BCUT2D eigenvalue weighted by atomic mass is 127. The zero-order valence-corrected chi connectivity index (χ0v) is 18.1. The highest BCUT2D eigenvalue weighted by molar-refractivity contribution is 14.0. The lowest BCUT2D eigenvalue weighted by Crippen LogP contribution is -2.47. The Balaban J connectivity index is 0.00000338. The number of hydrogen-bond donors (Lipinski definition) is 2. The number of ether oxygens (including phenoxy) is 1. The van der Waals surface area contributed by atoms with Crippen LogP contribution in [0.1, 0.15) is 37.3 Å². The average Bonchev–Trinajstić information content (AvgIpc) is 2.59. The first-order valence-electron chi connectivity index (χ1n) is 9.01. The van der Waals surface area contributed by atoms with E-state index in [0.29, 0.717) is 25.5 Å². The molecule has 6 nitrogen and oxygen atoms in total. The summed E-state index contributed by atoms with van der Waals surface area (Å²) in [6.45, 7) is 5.87. The maximum Gasteiger partial charge on any atom is 0.217 e. The minimum Gasteiger partial charge on any atom is -0.380 e. The molecule has 0 saturated carbocycles. The van der Waals surface area contributed by atoms with Gasteiger partial charge in [-0.15, -0.1) is 24.0 Å². The fraction of sp³-hybridized carbons (Fsp3) is 0.579. The quantitative estimate of drug-likeness (QED) is 0.362. The maximum absolute atomic E-state index is 11.2. The first kappa shape index (κ1) is 22.7. The second kappa shape index (κ2) is 12.1. The number of benzene rings is 1. The lowest BCUT2D eigenvalue weighted by Gasteiger charge is -2.34. The van der Waals surface area contributed by atoms with Crippen LogP contribution in [0.2, 0.25) is 0 Å². The fourth-order valence-electron chi connectivity index (χ4n) is 3.30. The van der Waals surface area contributed by atoms with Crippen molar-refractivity contribution in [2.24, 2.45) is 16.6 Å². The Morgan fingerprint density at radius 2 is 2.12 bits per heavy atom. The van der Waals surface area contributed by atoms with E-state index in [1.165, 1.54) is 5.56 Å². The second-order valence-corrected chi connectivity index (χ2v) is 6.50. The van der Waals surface area contributed by atoms with Gasteiger partial charge in [0.2, 0.25) is 5.91 Å². The third-order valence-electron chi connectivity index (χ3n) is 4.46. The van der Waals surface area contributed by atoms with Crippen molar-refractivity contribution in [2.45, 2.75) is 39.3 Å². The van der Waals surface area contributed by atoms with Gasteiger partial charge in [-0.3, -0.25) is 4.79 Å². The van der Waals surface area contributed by atoms with Gasteiger partial charge in [0.15, 0.2) is 5.96 Å². The number of nitrogens with zero attached hydrogens (tertiary/aromatic N) is 2. The number of methoxy groups -OCH3 is 1. The Labute approximate surface area is 173 Å². The van der Waals surface area contributed by atoms with Crippen LogP contribution in [0, 0.1) is 5.92 Å². The number of halogens is 1. The molecular weight excluding hydrogens is 443 g/mol. The number of piperidine rings is 1. The Morgan fingerprint density at radius 1 is 1.38 bits per heavy atom. The molecule has 1 amide bonds. The first-order valence-corrected chi connectivity index (χ1v) is 9.01. The number of amides is 1. The minimum atomic E-state index is -0.220. The van der Waals surface area contributed by atoms with Crippen LogP contribution in [0.25, 0.3) is 0 Å². The van der Waals surface area contributed by atoms with Gasteiger partial charge in [0.05, 0.1) is 13.2 Å². The monoisotopic (exact) mass is 474 g/mol. The third-order valence-corrected chi connectivity index (χ3v) is 4.46. The summed E-state index contributed by atoms with van der Waals surface area (Å²) in [6, 6.07) is 8.21. The highest BCUT2D eigenvalue weighted by Crippen LogP contribution is 2.20. The van der Waals surface area contributed by atoms with Crippen molar-refractivity contribution in [3.8, 4) is 0 Å². The van der Waals surface area contributed by atoms with E-state index in [-0.39, 0.29) is 29.9 Å². The van der Waals surface area contributed by atoms with Gasteiger partial charge in [0.25, 0.3) is 0 Å². The summed E-state index contributed by atoms with van der Waals surface area (Å²) in [4.78, 5) is 18.3. The van der Waals surface area contributed by atoms with Crippen molar-refractivity contribution in [1.29, 1.82) is 0 Å². The number of primary amides is 1. The SMILES string of the molecule is CCNC(=NCc1ccccc1COC)N1CCCC(CC(N)=O)C1.I. The van der Waals surface area contributed by atoms with Crippen molar-refractivity contribution in [3.05, 3.63) is 35.4 Å². The maximum atomic E-state index is 11.2. The highest BCUT2D eigenvalue weighted by Gasteiger charge is 2.23. The molecule has 1 aromatic carbocycles. The molecule has 0 aromatic heterocycles. The predicted octanol–water partition coefficient (Wildman–Crippen LogP) is 2.50. The Kier molecular flexibility index (Phi) is 10.6. The van der Waals surface area contributed by atoms with Crippen LogP contribution < -0.4 is 11.1 Å². The molecule has 1 atom stereocenters. The van der Waals surface area contributed by atoms with Gasteiger partial charge in [-0.25, -0.2) is 4.99 Å². The Hall–Kier alpha value is -1.35. The molecule has 1 saturated heterocycles. The normalized spacial score (nSPS) is 17.5. The van der Waals surface area contributed by atoms with Gasteiger partial charge in [0, 0.05) is 33.2 Å². The minimum absolute atomic E-state index is 0. The van der Waals surface area contributed by atoms with E-state index in [9.17, 15) is 4.79 Å². The molecule has 0 aliphatic carbocycles. The zero-order chi connectivity index (χ0) is 18.1. The number of likely N-dealkylation sites (tertiary alicyclic amines) is 1. The van der Waals surface area contributed by atoms with E-state index in [0.717, 1.165) is 44.0 Å². The molecule has 3 N–H and O–H groups in total. The number of nitrogens with two attached hydrogens (primary N) is 1. The van der Waals surface area contributed by atoms with E-state index in [4.69, 9.17) is 15.5 Å². The lowest BCUT2D eigenvalue weighted by molar-refractivity contribution is -0.119. The van der Waals surface area contributed by atoms with Crippen LogP contribution in [-0.4, -0.2) is 43.5 Å². The molecule has 0 spiro atoms. The van der Waals surface area contributed by atoms with Gasteiger partial charge in [0.1, 0.15) is 0 Å². The number of nitrogens with one attached hydrogen (secondary N) is 1. The summed E-state index contributed by atoms with van der Waals surface area (Å²) in [7, 11) is 1.71. The molecule has 1 aliphatic rings. The molecule has 1 heterocycles. The van der Waals surface area contributed by atoms with Gasteiger partial charge in [-0.2, -0.15) is 0 Å². The van der Waals surface area contributed by atoms with E-state index in [2.05, 4.69) is 29.3 Å². The van der Waals surface area contributed by atoms with Crippen molar-refractivity contribution in [3.63, 3.8) is 0 Å². The number of guanidine groups is 1. The number of carbonyl (C=O) groups is 1. The Morgan fingerprint density at radius 3 is 2.77 bits per heavy atom. The van der Waals surface area contributed by atoms with Crippen LogP contribution in [0.4, 0.5) is 0 Å². The summed E-state index contributed by atoms with van der Waals surface area (Å²) >= 11 is 0. The molecule has 1 unspecified atom stereocenters. The smallest absolute Gasteiger partial charge is 0.217 e. The van der Waals surface area contributed by atoms with Crippen LogP contribution in [-0.2, 0) is 22.7 Å². The van der Waals surface area contributed by atoms with E-state index >= 15 is 0 Å². The summed E-state index contributed by atoms with van der Waals surface area (Å²) < 4.78 is 5.27.